The Bertz CT molecular complexity index is 1250. The summed E-state index contributed by atoms with van der Waals surface area (Å²) in [5, 5.41) is 11.0. The van der Waals surface area contributed by atoms with E-state index in [4.69, 9.17) is 0 Å². The van der Waals surface area contributed by atoms with Crippen LogP contribution in [0.3, 0.4) is 0 Å². The zero-order valence-electron chi connectivity index (χ0n) is 27.7. The molecule has 1 aliphatic heterocycles. The number of carbonyl (C=O) groups is 5. The van der Waals surface area contributed by atoms with Crippen LogP contribution in [0, 0.1) is 23.2 Å². The van der Waals surface area contributed by atoms with Gasteiger partial charge in [-0.3, -0.25) is 19.2 Å². The lowest BCUT2D eigenvalue weighted by Crippen LogP contribution is -2.61. The third-order valence-corrected chi connectivity index (χ3v) is 10.4. The van der Waals surface area contributed by atoms with Crippen molar-refractivity contribution >= 4 is 39.4 Å². The molecule has 2 aliphatic carbocycles. The molecule has 12 nitrogen and oxygen atoms in total. The van der Waals surface area contributed by atoms with Crippen molar-refractivity contribution in [3.05, 3.63) is 12.7 Å². The number of nitrogens with one attached hydrogen (secondary N) is 4. The number of fused-ring (bicyclic) bond motifs is 1. The summed E-state index contributed by atoms with van der Waals surface area (Å²) in [6.07, 6.45) is 7.93. The molecule has 3 aliphatic rings. The second-order valence-corrected chi connectivity index (χ2v) is 16.9. The lowest BCUT2D eigenvalue weighted by Gasteiger charge is -2.37. The maximum absolute atomic E-state index is 14.3. The first kappa shape index (κ1) is 36.5. The highest BCUT2D eigenvalue weighted by Crippen LogP contribution is 2.65. The molecule has 2 unspecified atom stereocenters. The quantitative estimate of drug-likeness (QED) is 0.127. The number of hydrogen-bond donors (Lipinski definition) is 4. The molecule has 0 bridgehead atoms. The van der Waals surface area contributed by atoms with Crippen molar-refractivity contribution in [1.82, 2.24) is 26.2 Å². The van der Waals surface area contributed by atoms with Crippen LogP contribution in [0.1, 0.15) is 86.0 Å². The van der Waals surface area contributed by atoms with E-state index in [1.165, 1.54) is 0 Å². The van der Waals surface area contributed by atoms with Crippen LogP contribution in [0.4, 0.5) is 4.79 Å². The molecule has 0 radical (unpaired) electrons. The van der Waals surface area contributed by atoms with Gasteiger partial charge in [-0.2, -0.15) is 0 Å². The summed E-state index contributed by atoms with van der Waals surface area (Å²) in [4.78, 5) is 68.6. The highest BCUT2D eigenvalue weighted by molar-refractivity contribution is 7.90. The van der Waals surface area contributed by atoms with E-state index in [0.29, 0.717) is 13.0 Å². The predicted octanol–water partition coefficient (Wildman–Crippen LogP) is 2.09. The number of rotatable bonds is 14. The van der Waals surface area contributed by atoms with E-state index < -0.39 is 57.1 Å². The van der Waals surface area contributed by atoms with Gasteiger partial charge in [-0.1, -0.05) is 39.2 Å². The molecular weight excluding hydrogens is 598 g/mol. The number of Topliss-reactive ketones (excluding diaryl/α,β-unsaturated/α-hetero) is 1. The number of likely N-dealkylation sites (tertiary alicyclic amines) is 1. The molecule has 4 N–H and O–H groups in total. The first-order chi connectivity index (χ1) is 20.9. The molecule has 5 amide bonds. The Balaban J connectivity index is 1.79. The Morgan fingerprint density at radius 3 is 2.27 bits per heavy atom. The molecule has 2 saturated carbocycles. The van der Waals surface area contributed by atoms with Gasteiger partial charge >= 0.3 is 6.03 Å². The third kappa shape index (κ3) is 9.76. The summed E-state index contributed by atoms with van der Waals surface area (Å²) in [5.41, 5.74) is -0.688. The summed E-state index contributed by atoms with van der Waals surface area (Å²) in [7, 11) is -3.21. The van der Waals surface area contributed by atoms with Gasteiger partial charge in [-0.25, -0.2) is 13.2 Å². The SMILES string of the molecule is C=CCCC(NC(=O)[C@@H]1C2[C@H](CN1C(=O)[C@@H](NC(=O)NC(C)(C)C)C1CCCCC1)C2(C)C)C(=O)C(=O)NCCCS(C)(=O)=O. The standard InChI is InChI=1S/C32H53N5O7S/c1-8-9-16-22(26(38)28(40)33-17-13-18-45(7,43)44)34-27(39)25-23-21(32(23,5)6)19-37(25)29(41)24(20-14-11-10-12-15-20)35-30(42)36-31(2,3)4/h8,20-25H,1,9-19H2,2-7H3,(H,33,40)(H,34,39)(H2,35,36,42)/t21-,22?,23?,24-,25-/m0/s1. The highest BCUT2D eigenvalue weighted by atomic mass is 32.2. The van der Waals surface area contributed by atoms with Gasteiger partial charge < -0.3 is 26.2 Å². The molecule has 1 heterocycles. The van der Waals surface area contributed by atoms with Crippen molar-refractivity contribution in [2.45, 2.75) is 110 Å². The molecular formula is C32H53N5O7S. The monoisotopic (exact) mass is 651 g/mol. The number of piperidine rings is 1. The van der Waals surface area contributed by atoms with Crippen molar-refractivity contribution < 1.29 is 32.4 Å². The third-order valence-electron chi connectivity index (χ3n) is 9.42. The second-order valence-electron chi connectivity index (χ2n) is 14.6. The largest absolute Gasteiger partial charge is 0.349 e. The minimum atomic E-state index is -3.21. The zero-order chi connectivity index (χ0) is 33.7. The average Bonchev–Trinajstić information content (AvgIpc) is 3.26. The van der Waals surface area contributed by atoms with Crippen molar-refractivity contribution in [3.8, 4) is 0 Å². The van der Waals surface area contributed by atoms with Crippen LogP contribution < -0.4 is 21.3 Å². The fraction of sp³-hybridized carbons (Fsp3) is 0.781. The highest BCUT2D eigenvalue weighted by Gasteiger charge is 2.69. The van der Waals surface area contributed by atoms with E-state index in [2.05, 4.69) is 41.7 Å². The van der Waals surface area contributed by atoms with Gasteiger partial charge in [0.05, 0.1) is 11.8 Å². The van der Waals surface area contributed by atoms with E-state index in [-0.39, 0.29) is 54.2 Å². The van der Waals surface area contributed by atoms with Crippen LogP contribution in [0.25, 0.3) is 0 Å². The van der Waals surface area contributed by atoms with Gasteiger partial charge in [-0.05, 0) is 76.0 Å². The number of amides is 5. The van der Waals surface area contributed by atoms with Gasteiger partial charge in [0.15, 0.2) is 0 Å². The molecule has 13 heteroatoms. The normalized spacial score (nSPS) is 24.0. The Kier molecular flexibility index (Phi) is 11.9. The van der Waals surface area contributed by atoms with Crippen molar-refractivity contribution in [3.63, 3.8) is 0 Å². The van der Waals surface area contributed by atoms with Crippen LogP contribution >= 0.6 is 0 Å². The number of hydrogen-bond acceptors (Lipinski definition) is 7. The average molecular weight is 652 g/mol. The van der Waals surface area contributed by atoms with Crippen LogP contribution in [0.5, 0.6) is 0 Å². The van der Waals surface area contributed by atoms with Crippen LogP contribution in [-0.4, -0.2) is 91.6 Å². The van der Waals surface area contributed by atoms with E-state index in [1.807, 2.05) is 20.8 Å². The number of carbonyl (C=O) groups excluding carboxylic acids is 5. The Labute approximate surface area is 268 Å². The molecule has 1 saturated heterocycles. The number of nitrogens with zero attached hydrogens (tertiary/aromatic N) is 1. The van der Waals surface area contributed by atoms with Gasteiger partial charge in [0, 0.05) is 24.9 Å². The minimum Gasteiger partial charge on any atom is -0.349 e. The number of sulfone groups is 1. The Morgan fingerprint density at radius 2 is 1.69 bits per heavy atom. The second kappa shape index (κ2) is 14.6. The van der Waals surface area contributed by atoms with Gasteiger partial charge in [0.1, 0.15) is 21.9 Å². The van der Waals surface area contributed by atoms with Gasteiger partial charge in [0.2, 0.25) is 17.6 Å². The topological polar surface area (TPSA) is 171 Å². The fourth-order valence-corrected chi connectivity index (χ4v) is 7.62. The molecule has 0 aromatic rings. The zero-order valence-corrected chi connectivity index (χ0v) is 28.6. The molecule has 0 spiro atoms. The Morgan fingerprint density at radius 1 is 1.04 bits per heavy atom. The molecule has 45 heavy (non-hydrogen) atoms. The van der Waals surface area contributed by atoms with Crippen LogP contribution in [0.2, 0.25) is 0 Å². The van der Waals surface area contributed by atoms with Crippen molar-refractivity contribution in [1.29, 1.82) is 0 Å². The Hall–Kier alpha value is -2.96. The minimum absolute atomic E-state index is 0.000955. The lowest BCUT2D eigenvalue weighted by atomic mass is 9.83. The number of ketones is 1. The summed E-state index contributed by atoms with van der Waals surface area (Å²) < 4.78 is 22.8. The molecule has 0 aromatic heterocycles. The fourth-order valence-electron chi connectivity index (χ4n) is 6.95. The summed E-state index contributed by atoms with van der Waals surface area (Å²) in [5.74, 6) is -2.78. The molecule has 3 fully saturated rings. The number of allylic oxidation sites excluding steroid dienone is 1. The lowest BCUT2D eigenvalue weighted by molar-refractivity contribution is -0.144. The van der Waals surface area contributed by atoms with Crippen LogP contribution in [-0.2, 0) is 29.0 Å². The van der Waals surface area contributed by atoms with E-state index in [0.717, 1.165) is 38.4 Å². The molecule has 0 aromatic carbocycles. The summed E-state index contributed by atoms with van der Waals surface area (Å²) in [6, 6.07) is -3.23. The maximum atomic E-state index is 14.3. The van der Waals surface area contributed by atoms with Crippen molar-refractivity contribution in [2.75, 3.05) is 25.1 Å². The first-order valence-electron chi connectivity index (χ1n) is 16.2. The molecule has 3 rings (SSSR count). The smallest absolute Gasteiger partial charge is 0.315 e. The maximum Gasteiger partial charge on any atom is 0.315 e. The van der Waals surface area contributed by atoms with E-state index in [9.17, 15) is 32.4 Å². The molecule has 5 atom stereocenters. The van der Waals surface area contributed by atoms with E-state index >= 15 is 0 Å². The summed E-state index contributed by atoms with van der Waals surface area (Å²) in [6.45, 7) is 13.8. The predicted molar refractivity (Wildman–Crippen MR) is 172 cm³/mol. The van der Waals surface area contributed by atoms with E-state index in [1.54, 1.807) is 11.0 Å². The van der Waals surface area contributed by atoms with Crippen molar-refractivity contribution in [2.24, 2.45) is 23.2 Å². The first-order valence-corrected chi connectivity index (χ1v) is 18.2. The number of urea groups is 1. The van der Waals surface area contributed by atoms with Gasteiger partial charge in [0.25, 0.3) is 5.91 Å². The van der Waals surface area contributed by atoms with Crippen LogP contribution in [0.15, 0.2) is 12.7 Å². The van der Waals surface area contributed by atoms with Gasteiger partial charge in [-0.15, -0.1) is 6.58 Å². The summed E-state index contributed by atoms with van der Waals surface area (Å²) >= 11 is 0. The molecule has 254 valence electrons.